The van der Waals surface area contributed by atoms with Crippen LogP contribution in [0.15, 0.2) is 42.6 Å². The molecule has 6 nitrogen and oxygen atoms in total. The van der Waals surface area contributed by atoms with E-state index in [1.165, 1.54) is 5.56 Å². The second-order valence-electron chi connectivity index (χ2n) is 6.65. The van der Waals surface area contributed by atoms with Crippen molar-refractivity contribution >= 4 is 17.3 Å². The van der Waals surface area contributed by atoms with Gasteiger partial charge in [-0.05, 0) is 30.2 Å². The topological polar surface area (TPSA) is 57.7 Å². The fourth-order valence-electron chi connectivity index (χ4n) is 3.50. The first-order chi connectivity index (χ1) is 12.8. The molecule has 0 radical (unpaired) electrons. The molecule has 4 rings (SSSR count). The van der Waals surface area contributed by atoms with Crippen molar-refractivity contribution in [3.05, 3.63) is 53.9 Å². The molecule has 136 valence electrons. The minimum absolute atomic E-state index is 0.0326. The molecule has 2 aliphatic heterocycles. The Labute approximate surface area is 153 Å². The van der Waals surface area contributed by atoms with E-state index in [4.69, 9.17) is 4.74 Å². The van der Waals surface area contributed by atoms with E-state index in [-0.39, 0.29) is 5.91 Å². The number of aromatic nitrogens is 1. The number of fused-ring (bicyclic) bond motifs is 1. The van der Waals surface area contributed by atoms with Gasteiger partial charge in [-0.1, -0.05) is 18.2 Å². The number of benzene rings is 1. The van der Waals surface area contributed by atoms with Gasteiger partial charge in [-0.3, -0.25) is 9.69 Å². The Morgan fingerprint density at radius 2 is 1.96 bits per heavy atom. The van der Waals surface area contributed by atoms with E-state index in [0.717, 1.165) is 63.7 Å². The molecule has 26 heavy (non-hydrogen) atoms. The molecule has 0 spiro atoms. The first-order valence-corrected chi connectivity index (χ1v) is 9.21. The summed E-state index contributed by atoms with van der Waals surface area (Å²) in [4.78, 5) is 21.3. The third-order valence-corrected chi connectivity index (χ3v) is 4.98. The van der Waals surface area contributed by atoms with Crippen LogP contribution in [0.4, 0.5) is 11.4 Å². The second-order valence-corrected chi connectivity index (χ2v) is 6.65. The highest BCUT2D eigenvalue weighted by molar-refractivity contribution is 6.06. The lowest BCUT2D eigenvalue weighted by Gasteiger charge is -2.26. The van der Waals surface area contributed by atoms with E-state index in [1.54, 1.807) is 12.3 Å². The van der Waals surface area contributed by atoms with Crippen LogP contribution in [0, 0.1) is 0 Å². The van der Waals surface area contributed by atoms with Crippen molar-refractivity contribution in [1.29, 1.82) is 0 Å². The highest BCUT2D eigenvalue weighted by atomic mass is 16.5. The average molecular weight is 352 g/mol. The number of anilines is 2. The number of hydrogen-bond acceptors (Lipinski definition) is 5. The Balaban J connectivity index is 1.33. The minimum Gasteiger partial charge on any atom is -0.383 e. The van der Waals surface area contributed by atoms with Crippen LogP contribution in [0.5, 0.6) is 0 Å². The third kappa shape index (κ3) is 3.71. The quantitative estimate of drug-likeness (QED) is 0.892. The van der Waals surface area contributed by atoms with Crippen molar-refractivity contribution < 1.29 is 9.53 Å². The monoisotopic (exact) mass is 352 g/mol. The molecule has 3 heterocycles. The number of carbonyl (C=O) groups excluding carboxylic acids is 1. The van der Waals surface area contributed by atoms with Gasteiger partial charge in [0.25, 0.3) is 5.91 Å². The van der Waals surface area contributed by atoms with Gasteiger partial charge in [-0.2, -0.15) is 0 Å². The Bertz CT molecular complexity index is 757. The number of pyridine rings is 1. The molecule has 1 N–H and O–H groups in total. The number of morpholine rings is 1. The fourth-order valence-corrected chi connectivity index (χ4v) is 3.50. The molecule has 1 aromatic heterocycles. The number of rotatable bonds is 5. The first kappa shape index (κ1) is 17.0. The third-order valence-electron chi connectivity index (χ3n) is 4.98. The maximum absolute atomic E-state index is 12.8. The number of ether oxygens (including phenoxy) is 1. The van der Waals surface area contributed by atoms with Gasteiger partial charge in [0, 0.05) is 38.4 Å². The first-order valence-electron chi connectivity index (χ1n) is 9.21. The van der Waals surface area contributed by atoms with Gasteiger partial charge < -0.3 is 15.0 Å². The lowest BCUT2D eigenvalue weighted by Crippen LogP contribution is -2.39. The molecule has 2 aromatic rings. The summed E-state index contributed by atoms with van der Waals surface area (Å²) in [5, 5.41) is 3.37. The minimum atomic E-state index is -0.0326. The van der Waals surface area contributed by atoms with Crippen LogP contribution >= 0.6 is 0 Å². The van der Waals surface area contributed by atoms with Crippen molar-refractivity contribution in [3.8, 4) is 0 Å². The van der Waals surface area contributed by atoms with E-state index in [2.05, 4.69) is 21.3 Å². The number of para-hydroxylation sites is 1. The zero-order valence-corrected chi connectivity index (χ0v) is 14.9. The van der Waals surface area contributed by atoms with Gasteiger partial charge in [0.05, 0.1) is 25.1 Å². The summed E-state index contributed by atoms with van der Waals surface area (Å²) < 4.78 is 5.36. The largest absolute Gasteiger partial charge is 0.383 e. The Kier molecular flexibility index (Phi) is 5.13. The normalized spacial score (nSPS) is 17.2. The summed E-state index contributed by atoms with van der Waals surface area (Å²) in [6, 6.07) is 11.8. The standard InChI is InChI=1S/C20H24N4O2/c25-20(24-9-7-16-3-1-2-4-19(16)24)18-6-5-17(15-22-18)21-8-10-23-11-13-26-14-12-23/h1-6,15,21H,7-14H2. The lowest BCUT2D eigenvalue weighted by atomic mass is 10.2. The summed E-state index contributed by atoms with van der Waals surface area (Å²) >= 11 is 0. The molecule has 0 atom stereocenters. The van der Waals surface area contributed by atoms with Gasteiger partial charge >= 0.3 is 0 Å². The SMILES string of the molecule is O=C(c1ccc(NCCN2CCOCC2)cn1)N1CCc2ccccc21. The average Bonchev–Trinajstić information content (AvgIpc) is 3.13. The van der Waals surface area contributed by atoms with Gasteiger partial charge in [0.1, 0.15) is 5.69 Å². The van der Waals surface area contributed by atoms with Crippen LogP contribution in [0.2, 0.25) is 0 Å². The molecular weight excluding hydrogens is 328 g/mol. The summed E-state index contributed by atoms with van der Waals surface area (Å²) in [5.41, 5.74) is 3.66. The van der Waals surface area contributed by atoms with Crippen LogP contribution in [-0.4, -0.2) is 61.7 Å². The number of hydrogen-bond donors (Lipinski definition) is 1. The lowest BCUT2D eigenvalue weighted by molar-refractivity contribution is 0.0398. The van der Waals surface area contributed by atoms with E-state index < -0.39 is 0 Å². The number of nitrogens with one attached hydrogen (secondary N) is 1. The smallest absolute Gasteiger partial charge is 0.276 e. The van der Waals surface area contributed by atoms with Crippen molar-refractivity contribution in [3.63, 3.8) is 0 Å². The van der Waals surface area contributed by atoms with E-state index in [9.17, 15) is 4.79 Å². The molecule has 0 aliphatic carbocycles. The van der Waals surface area contributed by atoms with E-state index in [1.807, 2.05) is 29.2 Å². The van der Waals surface area contributed by atoms with Crippen LogP contribution in [0.3, 0.4) is 0 Å². The zero-order valence-electron chi connectivity index (χ0n) is 14.9. The van der Waals surface area contributed by atoms with E-state index >= 15 is 0 Å². The van der Waals surface area contributed by atoms with Gasteiger partial charge in [-0.25, -0.2) is 4.98 Å². The molecule has 1 aromatic carbocycles. The highest BCUT2D eigenvalue weighted by Crippen LogP contribution is 2.28. The van der Waals surface area contributed by atoms with Crippen LogP contribution in [-0.2, 0) is 11.2 Å². The molecule has 1 amide bonds. The zero-order chi connectivity index (χ0) is 17.8. The van der Waals surface area contributed by atoms with Gasteiger partial charge in [0.15, 0.2) is 0 Å². The van der Waals surface area contributed by atoms with E-state index in [0.29, 0.717) is 5.69 Å². The summed E-state index contributed by atoms with van der Waals surface area (Å²) in [6.07, 6.45) is 2.65. The second kappa shape index (κ2) is 7.85. The molecule has 1 saturated heterocycles. The molecule has 0 saturated carbocycles. The van der Waals surface area contributed by atoms with Crippen LogP contribution in [0.1, 0.15) is 16.1 Å². The molecule has 2 aliphatic rings. The Morgan fingerprint density at radius 3 is 2.77 bits per heavy atom. The summed E-state index contributed by atoms with van der Waals surface area (Å²) in [6.45, 7) is 6.17. The fraction of sp³-hybridized carbons (Fsp3) is 0.400. The Morgan fingerprint density at radius 1 is 1.12 bits per heavy atom. The molecule has 0 unspecified atom stereocenters. The Hall–Kier alpha value is -2.44. The van der Waals surface area contributed by atoms with Crippen molar-refractivity contribution in [2.45, 2.75) is 6.42 Å². The van der Waals surface area contributed by atoms with Crippen molar-refractivity contribution in [2.75, 3.05) is 56.2 Å². The number of amides is 1. The van der Waals surface area contributed by atoms with Crippen molar-refractivity contribution in [2.24, 2.45) is 0 Å². The number of nitrogens with zero attached hydrogens (tertiary/aromatic N) is 3. The van der Waals surface area contributed by atoms with Crippen LogP contribution < -0.4 is 10.2 Å². The maximum Gasteiger partial charge on any atom is 0.276 e. The predicted octanol–water partition coefficient (Wildman–Crippen LogP) is 2.03. The van der Waals surface area contributed by atoms with Crippen LogP contribution in [0.25, 0.3) is 0 Å². The molecule has 1 fully saturated rings. The van der Waals surface area contributed by atoms with Gasteiger partial charge in [0.2, 0.25) is 0 Å². The van der Waals surface area contributed by atoms with Crippen molar-refractivity contribution in [1.82, 2.24) is 9.88 Å². The summed E-state index contributed by atoms with van der Waals surface area (Å²) in [5.74, 6) is -0.0326. The molecule has 6 heteroatoms. The van der Waals surface area contributed by atoms with Gasteiger partial charge in [-0.15, -0.1) is 0 Å². The molecular formula is C20H24N4O2. The highest BCUT2D eigenvalue weighted by Gasteiger charge is 2.25. The molecule has 0 bridgehead atoms. The summed E-state index contributed by atoms with van der Waals surface area (Å²) in [7, 11) is 0. The predicted molar refractivity (Wildman–Crippen MR) is 102 cm³/mol. The number of carbonyl (C=O) groups is 1. The maximum atomic E-state index is 12.8.